The lowest BCUT2D eigenvalue weighted by Gasteiger charge is -2.26. The van der Waals surface area contributed by atoms with Crippen LogP contribution in [0, 0.1) is 6.92 Å². The minimum atomic E-state index is -0.102. The lowest BCUT2D eigenvalue weighted by molar-refractivity contribution is 0.151. The fourth-order valence-electron chi connectivity index (χ4n) is 4.17. The fourth-order valence-corrected chi connectivity index (χ4v) is 4.17. The summed E-state index contributed by atoms with van der Waals surface area (Å²) in [5.74, 6) is 0.626. The molecule has 1 N–H and O–H groups in total. The van der Waals surface area contributed by atoms with E-state index in [-0.39, 0.29) is 6.03 Å². The number of amides is 2. The van der Waals surface area contributed by atoms with Gasteiger partial charge in [-0.15, -0.1) is 0 Å². The molecule has 1 heterocycles. The number of anilines is 1. The van der Waals surface area contributed by atoms with Crippen LogP contribution in [-0.2, 0) is 17.8 Å². The molecule has 0 fully saturated rings. The zero-order valence-corrected chi connectivity index (χ0v) is 21.5. The molecular formula is C29H39N3O2. The van der Waals surface area contributed by atoms with E-state index in [0.29, 0.717) is 31.5 Å². The molecule has 3 rings (SSSR count). The molecule has 0 atom stereocenters. The second-order valence-corrected chi connectivity index (χ2v) is 9.58. The molecule has 0 aliphatic carbocycles. The van der Waals surface area contributed by atoms with Gasteiger partial charge in [0.15, 0.2) is 0 Å². The van der Waals surface area contributed by atoms with Crippen molar-refractivity contribution in [2.45, 2.75) is 59.5 Å². The van der Waals surface area contributed by atoms with Gasteiger partial charge in [-0.05, 0) is 47.6 Å². The van der Waals surface area contributed by atoms with Crippen molar-refractivity contribution in [2.24, 2.45) is 0 Å². The number of ether oxygens (including phenoxy) is 1. The Bertz CT molecular complexity index is 1040. The Labute approximate surface area is 204 Å². The molecule has 0 radical (unpaired) electrons. The van der Waals surface area contributed by atoms with Gasteiger partial charge in [0.05, 0.1) is 13.2 Å². The topological polar surface area (TPSA) is 46.5 Å². The lowest BCUT2D eigenvalue weighted by atomic mass is 9.93. The number of para-hydroxylation sites is 1. The highest BCUT2D eigenvalue weighted by Gasteiger charge is 2.20. The van der Waals surface area contributed by atoms with Gasteiger partial charge in [0.2, 0.25) is 0 Å². The van der Waals surface area contributed by atoms with Gasteiger partial charge in [-0.25, -0.2) is 4.79 Å². The molecule has 0 unspecified atom stereocenters. The normalized spacial score (nSPS) is 11.3. The average Bonchev–Trinajstić information content (AvgIpc) is 3.24. The summed E-state index contributed by atoms with van der Waals surface area (Å²) >= 11 is 0. The van der Waals surface area contributed by atoms with Gasteiger partial charge in [-0.2, -0.15) is 0 Å². The molecule has 182 valence electrons. The van der Waals surface area contributed by atoms with E-state index in [9.17, 15) is 4.79 Å². The van der Waals surface area contributed by atoms with E-state index in [1.165, 1.54) is 11.1 Å². The highest BCUT2D eigenvalue weighted by atomic mass is 16.5. The summed E-state index contributed by atoms with van der Waals surface area (Å²) < 4.78 is 7.53. The van der Waals surface area contributed by atoms with E-state index >= 15 is 0 Å². The molecule has 5 nitrogen and oxygen atoms in total. The van der Waals surface area contributed by atoms with E-state index in [4.69, 9.17) is 4.74 Å². The number of hydrogen-bond donors (Lipinski definition) is 1. The van der Waals surface area contributed by atoms with Crippen LogP contribution >= 0.6 is 0 Å². The molecule has 34 heavy (non-hydrogen) atoms. The summed E-state index contributed by atoms with van der Waals surface area (Å²) in [5, 5.41) is 3.26. The van der Waals surface area contributed by atoms with Gasteiger partial charge in [0, 0.05) is 37.8 Å². The molecule has 0 spiro atoms. The van der Waals surface area contributed by atoms with Gasteiger partial charge >= 0.3 is 6.03 Å². The maximum atomic E-state index is 13.6. The molecule has 5 heteroatoms. The number of rotatable bonds is 10. The number of nitrogens with zero attached hydrogens (tertiary/aromatic N) is 2. The molecule has 2 aromatic carbocycles. The molecule has 3 aromatic rings. The van der Waals surface area contributed by atoms with Crippen LogP contribution in [0.4, 0.5) is 10.5 Å². The van der Waals surface area contributed by atoms with E-state index in [0.717, 1.165) is 29.1 Å². The van der Waals surface area contributed by atoms with E-state index < -0.39 is 0 Å². The maximum Gasteiger partial charge on any atom is 0.322 e. The monoisotopic (exact) mass is 461 g/mol. The van der Waals surface area contributed by atoms with Crippen LogP contribution in [0.5, 0.6) is 0 Å². The highest BCUT2D eigenvalue weighted by Crippen LogP contribution is 2.32. The first-order chi connectivity index (χ1) is 16.3. The lowest BCUT2D eigenvalue weighted by Crippen LogP contribution is -2.38. The van der Waals surface area contributed by atoms with Crippen LogP contribution in [0.2, 0.25) is 0 Å². The smallest absolute Gasteiger partial charge is 0.322 e. The molecule has 0 aliphatic rings. The summed E-state index contributed by atoms with van der Waals surface area (Å²) in [6.45, 7) is 13.0. The van der Waals surface area contributed by atoms with Crippen LogP contribution in [0.1, 0.15) is 67.5 Å². The predicted octanol–water partition coefficient (Wildman–Crippen LogP) is 6.77. The Morgan fingerprint density at radius 3 is 2.21 bits per heavy atom. The first-order valence-corrected chi connectivity index (χ1v) is 12.2. The van der Waals surface area contributed by atoms with Crippen molar-refractivity contribution in [3.05, 3.63) is 88.7 Å². The standard InChI is InChI=1S/C29H39N3O2/c1-21(2)26-10-7-11-27(22(3)4)28(26)30-29(33)32(17-18-34-6)20-25-9-8-16-31(25)19-24-14-12-23(5)13-15-24/h7-16,21-22H,17-20H2,1-6H3,(H,30,33). The number of nitrogens with one attached hydrogen (secondary N) is 1. The number of benzene rings is 2. The predicted molar refractivity (Wildman–Crippen MR) is 141 cm³/mol. The molecule has 0 saturated heterocycles. The first kappa shape index (κ1) is 25.6. The van der Waals surface area contributed by atoms with Crippen molar-refractivity contribution < 1.29 is 9.53 Å². The number of hydrogen-bond acceptors (Lipinski definition) is 2. The van der Waals surface area contributed by atoms with E-state index in [1.54, 1.807) is 7.11 Å². The number of aromatic nitrogens is 1. The molecule has 1 aromatic heterocycles. The fraction of sp³-hybridized carbons (Fsp3) is 0.414. The minimum absolute atomic E-state index is 0.102. The Balaban J connectivity index is 1.83. The minimum Gasteiger partial charge on any atom is -0.383 e. The summed E-state index contributed by atoms with van der Waals surface area (Å²) in [7, 11) is 1.67. The number of aryl methyl sites for hydroxylation is 1. The molecule has 0 bridgehead atoms. The van der Waals surface area contributed by atoms with Crippen molar-refractivity contribution in [1.29, 1.82) is 0 Å². The number of urea groups is 1. The van der Waals surface area contributed by atoms with E-state index in [2.05, 4.69) is 99.2 Å². The zero-order chi connectivity index (χ0) is 24.7. The Morgan fingerprint density at radius 1 is 0.971 bits per heavy atom. The van der Waals surface area contributed by atoms with Gasteiger partial charge in [-0.3, -0.25) is 0 Å². The Kier molecular flexibility index (Phi) is 8.94. The van der Waals surface area contributed by atoms with Gasteiger partial charge < -0.3 is 19.5 Å². The second-order valence-electron chi connectivity index (χ2n) is 9.58. The molecule has 0 saturated carbocycles. The average molecular weight is 462 g/mol. The quantitative estimate of drug-likeness (QED) is 0.362. The first-order valence-electron chi connectivity index (χ1n) is 12.2. The van der Waals surface area contributed by atoms with Crippen molar-refractivity contribution in [2.75, 3.05) is 25.6 Å². The summed E-state index contributed by atoms with van der Waals surface area (Å²) in [5.41, 5.74) is 6.84. The third-order valence-corrected chi connectivity index (χ3v) is 6.21. The number of carbonyl (C=O) groups is 1. The Hall–Kier alpha value is -3.05. The third kappa shape index (κ3) is 6.51. The second kappa shape index (κ2) is 11.9. The van der Waals surface area contributed by atoms with Crippen molar-refractivity contribution in [3.63, 3.8) is 0 Å². The van der Waals surface area contributed by atoms with Gasteiger partial charge in [0.25, 0.3) is 0 Å². The van der Waals surface area contributed by atoms with Crippen molar-refractivity contribution in [3.8, 4) is 0 Å². The summed E-state index contributed by atoms with van der Waals surface area (Å²) in [6, 6.07) is 18.9. The largest absolute Gasteiger partial charge is 0.383 e. The molecule has 0 aliphatic heterocycles. The van der Waals surface area contributed by atoms with Crippen molar-refractivity contribution >= 4 is 11.7 Å². The summed E-state index contributed by atoms with van der Waals surface area (Å²) in [4.78, 5) is 15.4. The van der Waals surface area contributed by atoms with Crippen LogP contribution in [0.25, 0.3) is 0 Å². The van der Waals surface area contributed by atoms with Crippen molar-refractivity contribution in [1.82, 2.24) is 9.47 Å². The SMILES string of the molecule is COCCN(Cc1cccn1Cc1ccc(C)cc1)C(=O)Nc1c(C(C)C)cccc1C(C)C. The maximum absolute atomic E-state index is 13.6. The summed E-state index contributed by atoms with van der Waals surface area (Å²) in [6.07, 6.45) is 2.08. The number of methoxy groups -OCH3 is 1. The van der Waals surface area contributed by atoms with Crippen LogP contribution in [0.15, 0.2) is 60.8 Å². The van der Waals surface area contributed by atoms with Crippen LogP contribution in [-0.4, -0.2) is 35.8 Å². The van der Waals surface area contributed by atoms with Crippen LogP contribution in [0.3, 0.4) is 0 Å². The zero-order valence-electron chi connectivity index (χ0n) is 21.5. The molecule has 2 amide bonds. The Morgan fingerprint density at radius 2 is 1.62 bits per heavy atom. The van der Waals surface area contributed by atoms with Crippen LogP contribution < -0.4 is 5.32 Å². The van der Waals surface area contributed by atoms with Gasteiger partial charge in [-0.1, -0.05) is 75.7 Å². The number of carbonyl (C=O) groups excluding carboxylic acids is 1. The van der Waals surface area contributed by atoms with E-state index in [1.807, 2.05) is 11.0 Å². The van der Waals surface area contributed by atoms with Gasteiger partial charge in [0.1, 0.15) is 0 Å². The molecular weight excluding hydrogens is 422 g/mol. The highest BCUT2D eigenvalue weighted by molar-refractivity contribution is 5.91. The third-order valence-electron chi connectivity index (χ3n) is 6.21.